The fourth-order valence-electron chi connectivity index (χ4n) is 3.84. The maximum atomic E-state index is 9.38. The van der Waals surface area contributed by atoms with E-state index in [1.165, 1.54) is 122 Å². The molecule has 2 nitrogen and oxygen atoms in total. The lowest BCUT2D eigenvalue weighted by atomic mass is 9.96. The number of rotatable bonds is 22. The minimum Gasteiger partial charge on any atom is -0.396 e. The maximum Gasteiger partial charge on any atom is 0.0459 e. The highest BCUT2D eigenvalue weighted by molar-refractivity contribution is 4.58. The van der Waals surface area contributed by atoms with Gasteiger partial charge < -0.3 is 10.2 Å². The van der Waals surface area contributed by atoms with Crippen molar-refractivity contribution in [2.45, 2.75) is 135 Å². The molecule has 0 aromatic carbocycles. The first-order valence-electron chi connectivity index (χ1n) is 12.1. The Bertz CT molecular complexity index is 242. The van der Waals surface area contributed by atoms with Gasteiger partial charge in [-0.3, -0.25) is 0 Å². The molecule has 0 saturated heterocycles. The average Bonchev–Trinajstić information content (AvgIpc) is 2.66. The first kappa shape index (κ1) is 25.9. The molecule has 26 heavy (non-hydrogen) atoms. The van der Waals surface area contributed by atoms with E-state index < -0.39 is 0 Å². The molecule has 0 aliphatic rings. The zero-order valence-corrected chi connectivity index (χ0v) is 18.0. The fourth-order valence-corrected chi connectivity index (χ4v) is 3.84. The van der Waals surface area contributed by atoms with Crippen molar-refractivity contribution in [3.05, 3.63) is 0 Å². The molecular formula is C24H50O2. The Morgan fingerprint density at radius 3 is 1.15 bits per heavy atom. The van der Waals surface area contributed by atoms with Gasteiger partial charge in [0.1, 0.15) is 0 Å². The average molecular weight is 371 g/mol. The molecule has 0 aliphatic carbocycles. The van der Waals surface area contributed by atoms with Crippen LogP contribution in [0.25, 0.3) is 0 Å². The first-order chi connectivity index (χ1) is 12.8. The smallest absolute Gasteiger partial charge is 0.0459 e. The monoisotopic (exact) mass is 370 g/mol. The molecule has 0 bridgehead atoms. The minimum absolute atomic E-state index is 0.364. The molecule has 0 radical (unpaired) electrons. The van der Waals surface area contributed by atoms with Crippen LogP contribution in [0.5, 0.6) is 0 Å². The summed E-state index contributed by atoms with van der Waals surface area (Å²) >= 11 is 0. The van der Waals surface area contributed by atoms with E-state index in [9.17, 15) is 5.11 Å². The molecule has 0 aromatic rings. The number of unbranched alkanes of at least 4 members (excludes halogenated alkanes) is 16. The lowest BCUT2D eigenvalue weighted by molar-refractivity contribution is 0.205. The second-order valence-electron chi connectivity index (χ2n) is 8.36. The highest BCUT2D eigenvalue weighted by Crippen LogP contribution is 2.18. The van der Waals surface area contributed by atoms with E-state index in [-0.39, 0.29) is 0 Å². The van der Waals surface area contributed by atoms with E-state index in [0.29, 0.717) is 19.1 Å². The van der Waals surface area contributed by atoms with Gasteiger partial charge in [0.05, 0.1) is 0 Å². The van der Waals surface area contributed by atoms with Crippen molar-refractivity contribution in [2.75, 3.05) is 13.2 Å². The Balaban J connectivity index is 3.11. The normalized spacial score (nSPS) is 12.6. The van der Waals surface area contributed by atoms with Gasteiger partial charge in [-0.1, -0.05) is 116 Å². The van der Waals surface area contributed by atoms with Crippen LogP contribution in [-0.4, -0.2) is 23.4 Å². The van der Waals surface area contributed by atoms with Crippen molar-refractivity contribution in [1.82, 2.24) is 0 Å². The van der Waals surface area contributed by atoms with Crippen molar-refractivity contribution in [2.24, 2.45) is 5.92 Å². The highest BCUT2D eigenvalue weighted by Gasteiger charge is 2.06. The zero-order chi connectivity index (χ0) is 19.1. The quantitative estimate of drug-likeness (QED) is 0.195. The van der Waals surface area contributed by atoms with Gasteiger partial charge in [0.15, 0.2) is 0 Å². The molecule has 0 aromatic heterocycles. The number of aliphatic hydroxyl groups excluding tert-OH is 2. The Hall–Kier alpha value is -0.0800. The van der Waals surface area contributed by atoms with Crippen LogP contribution in [0.3, 0.4) is 0 Å². The van der Waals surface area contributed by atoms with Crippen molar-refractivity contribution in [1.29, 1.82) is 0 Å². The van der Waals surface area contributed by atoms with Gasteiger partial charge in [-0.05, 0) is 25.2 Å². The van der Waals surface area contributed by atoms with Crippen LogP contribution in [0.4, 0.5) is 0 Å². The van der Waals surface area contributed by atoms with Gasteiger partial charge in [-0.15, -0.1) is 0 Å². The summed E-state index contributed by atoms with van der Waals surface area (Å²) in [4.78, 5) is 0. The third-order valence-electron chi connectivity index (χ3n) is 5.74. The van der Waals surface area contributed by atoms with Gasteiger partial charge >= 0.3 is 0 Å². The van der Waals surface area contributed by atoms with Crippen molar-refractivity contribution in [3.8, 4) is 0 Å². The fraction of sp³-hybridized carbons (Fsp3) is 1.00. The summed E-state index contributed by atoms with van der Waals surface area (Å²) in [6.45, 7) is 2.99. The molecule has 0 amide bonds. The molecule has 0 aliphatic heterocycles. The second kappa shape index (κ2) is 23.0. The SMILES string of the molecule is CCCCC(CO)CCCCCCCCCCCCCCCCCCO. The molecule has 2 N–H and O–H groups in total. The van der Waals surface area contributed by atoms with Gasteiger partial charge in [0.25, 0.3) is 0 Å². The summed E-state index contributed by atoms with van der Waals surface area (Å²) in [6.07, 6.45) is 26.7. The highest BCUT2D eigenvalue weighted by atomic mass is 16.3. The molecule has 0 saturated carbocycles. The van der Waals surface area contributed by atoms with Crippen molar-refractivity contribution >= 4 is 0 Å². The topological polar surface area (TPSA) is 40.5 Å². The van der Waals surface area contributed by atoms with Crippen LogP contribution < -0.4 is 0 Å². The Kier molecular flexibility index (Phi) is 22.9. The zero-order valence-electron chi connectivity index (χ0n) is 18.0. The van der Waals surface area contributed by atoms with Crippen LogP contribution >= 0.6 is 0 Å². The third-order valence-corrected chi connectivity index (χ3v) is 5.74. The minimum atomic E-state index is 0.364. The first-order valence-corrected chi connectivity index (χ1v) is 12.1. The Morgan fingerprint density at radius 2 is 0.808 bits per heavy atom. The molecular weight excluding hydrogens is 320 g/mol. The van der Waals surface area contributed by atoms with Gasteiger partial charge in [-0.25, -0.2) is 0 Å². The summed E-state index contributed by atoms with van der Waals surface area (Å²) in [5, 5.41) is 18.1. The van der Waals surface area contributed by atoms with Crippen LogP contribution in [0.15, 0.2) is 0 Å². The summed E-state index contributed by atoms with van der Waals surface area (Å²) in [7, 11) is 0. The van der Waals surface area contributed by atoms with E-state index in [2.05, 4.69) is 6.92 Å². The van der Waals surface area contributed by atoms with E-state index in [4.69, 9.17) is 5.11 Å². The van der Waals surface area contributed by atoms with Crippen molar-refractivity contribution in [3.63, 3.8) is 0 Å². The molecule has 2 heteroatoms. The number of aliphatic hydroxyl groups is 2. The lowest BCUT2D eigenvalue weighted by Gasteiger charge is -2.13. The van der Waals surface area contributed by atoms with E-state index in [1.807, 2.05) is 0 Å². The summed E-state index contributed by atoms with van der Waals surface area (Å²) in [6, 6.07) is 0. The predicted octanol–water partition coefficient (Wildman–Crippen LogP) is 7.41. The maximum absolute atomic E-state index is 9.38. The van der Waals surface area contributed by atoms with Crippen LogP contribution in [-0.2, 0) is 0 Å². The molecule has 0 rings (SSSR count). The van der Waals surface area contributed by atoms with E-state index >= 15 is 0 Å². The standard InChI is InChI=1S/C24H50O2/c1-2-3-20-24(23-26)21-18-16-14-12-10-8-6-4-5-7-9-11-13-15-17-19-22-25/h24-26H,2-23H2,1H3. The van der Waals surface area contributed by atoms with Gasteiger partial charge in [-0.2, -0.15) is 0 Å². The van der Waals surface area contributed by atoms with E-state index in [1.54, 1.807) is 0 Å². The van der Waals surface area contributed by atoms with Gasteiger partial charge in [0, 0.05) is 13.2 Å². The van der Waals surface area contributed by atoms with Crippen LogP contribution in [0, 0.1) is 5.92 Å². The van der Waals surface area contributed by atoms with Crippen LogP contribution in [0.2, 0.25) is 0 Å². The Morgan fingerprint density at radius 1 is 0.462 bits per heavy atom. The van der Waals surface area contributed by atoms with E-state index in [0.717, 1.165) is 6.42 Å². The van der Waals surface area contributed by atoms with Gasteiger partial charge in [0.2, 0.25) is 0 Å². The molecule has 1 unspecified atom stereocenters. The molecule has 0 fully saturated rings. The largest absolute Gasteiger partial charge is 0.396 e. The molecule has 0 heterocycles. The summed E-state index contributed by atoms with van der Waals surface area (Å²) < 4.78 is 0. The molecule has 158 valence electrons. The second-order valence-corrected chi connectivity index (χ2v) is 8.36. The third kappa shape index (κ3) is 20.2. The number of hydrogen-bond donors (Lipinski definition) is 2. The molecule has 1 atom stereocenters. The molecule has 0 spiro atoms. The predicted molar refractivity (Wildman–Crippen MR) is 116 cm³/mol. The summed E-state index contributed by atoms with van der Waals surface area (Å²) in [5.41, 5.74) is 0. The van der Waals surface area contributed by atoms with Crippen molar-refractivity contribution < 1.29 is 10.2 Å². The number of hydrogen-bond acceptors (Lipinski definition) is 2. The van der Waals surface area contributed by atoms with Crippen LogP contribution in [0.1, 0.15) is 135 Å². The Labute approximate surface area is 165 Å². The summed E-state index contributed by atoms with van der Waals surface area (Å²) in [5.74, 6) is 0.565. The lowest BCUT2D eigenvalue weighted by Crippen LogP contribution is -2.05.